The lowest BCUT2D eigenvalue weighted by Gasteiger charge is -2.20. The quantitative estimate of drug-likeness (QED) is 0.724. The molecule has 8 heteroatoms. The Morgan fingerprint density at radius 2 is 2.18 bits per heavy atom. The Labute approximate surface area is 131 Å². The Kier molecular flexibility index (Phi) is 5.23. The van der Waals surface area contributed by atoms with Crippen molar-refractivity contribution < 1.29 is 13.2 Å². The van der Waals surface area contributed by atoms with Crippen LogP contribution in [0.4, 0.5) is 0 Å². The third kappa shape index (κ3) is 4.54. The molecule has 1 aromatic heterocycles. The number of aromatic amines is 1. The van der Waals surface area contributed by atoms with Crippen molar-refractivity contribution in [2.24, 2.45) is 5.92 Å². The highest BCUT2D eigenvalue weighted by molar-refractivity contribution is 7.88. The molecule has 0 spiro atoms. The van der Waals surface area contributed by atoms with E-state index < -0.39 is 10.0 Å². The Hall–Kier alpha value is -1.41. The molecular weight excluding hydrogens is 304 g/mol. The van der Waals surface area contributed by atoms with Gasteiger partial charge < -0.3 is 5.32 Å². The predicted octanol–water partition coefficient (Wildman–Crippen LogP) is 0.981. The van der Waals surface area contributed by atoms with E-state index in [2.05, 4.69) is 20.2 Å². The second-order valence-corrected chi connectivity index (χ2v) is 8.04. The van der Waals surface area contributed by atoms with E-state index >= 15 is 0 Å². The molecule has 1 heterocycles. The highest BCUT2D eigenvalue weighted by atomic mass is 32.2. The maximum Gasteiger partial charge on any atom is 0.271 e. The lowest BCUT2D eigenvalue weighted by atomic mass is 10.0. The minimum atomic E-state index is -3.22. The van der Waals surface area contributed by atoms with Crippen LogP contribution in [0.2, 0.25) is 0 Å². The first-order valence-electron chi connectivity index (χ1n) is 7.57. The van der Waals surface area contributed by atoms with Gasteiger partial charge in [0.15, 0.2) is 0 Å². The molecule has 0 saturated heterocycles. The van der Waals surface area contributed by atoms with Gasteiger partial charge in [0.05, 0.1) is 6.26 Å². The topological polar surface area (TPSA) is 104 Å². The molecule has 1 saturated carbocycles. The second kappa shape index (κ2) is 6.78. The first-order valence-corrected chi connectivity index (χ1v) is 9.46. The minimum absolute atomic E-state index is 0.0966. The highest BCUT2D eigenvalue weighted by Crippen LogP contribution is 2.25. The van der Waals surface area contributed by atoms with Crippen LogP contribution in [0.5, 0.6) is 0 Å². The van der Waals surface area contributed by atoms with Crippen LogP contribution in [0, 0.1) is 5.92 Å². The third-order valence-corrected chi connectivity index (χ3v) is 4.73. The van der Waals surface area contributed by atoms with Crippen LogP contribution in [0.15, 0.2) is 6.07 Å². The van der Waals surface area contributed by atoms with Gasteiger partial charge in [-0.25, -0.2) is 13.1 Å². The van der Waals surface area contributed by atoms with Crippen LogP contribution in [0.25, 0.3) is 0 Å². The molecule has 0 aliphatic heterocycles. The molecule has 0 aromatic carbocycles. The van der Waals surface area contributed by atoms with Crippen LogP contribution in [0.1, 0.15) is 55.2 Å². The zero-order valence-electron chi connectivity index (χ0n) is 13.2. The van der Waals surface area contributed by atoms with Crippen molar-refractivity contribution in [3.8, 4) is 0 Å². The Morgan fingerprint density at radius 3 is 2.77 bits per heavy atom. The molecular formula is C14H24N4O3S. The van der Waals surface area contributed by atoms with Gasteiger partial charge in [-0.1, -0.05) is 20.3 Å². The van der Waals surface area contributed by atoms with Crippen LogP contribution < -0.4 is 10.0 Å². The normalized spacial score (nSPS) is 22.2. The third-order valence-electron chi connectivity index (χ3n) is 4.00. The van der Waals surface area contributed by atoms with Gasteiger partial charge in [-0.15, -0.1) is 0 Å². The number of nitrogens with one attached hydrogen (secondary N) is 3. The molecule has 7 nitrogen and oxygen atoms in total. The van der Waals surface area contributed by atoms with E-state index in [0.29, 0.717) is 12.2 Å². The first-order chi connectivity index (χ1) is 10.3. The average Bonchev–Trinajstić information content (AvgIpc) is 3.03. The number of hydrogen-bond donors (Lipinski definition) is 3. The molecule has 2 atom stereocenters. The van der Waals surface area contributed by atoms with Gasteiger partial charge in [-0.3, -0.25) is 9.89 Å². The monoisotopic (exact) mass is 328 g/mol. The summed E-state index contributed by atoms with van der Waals surface area (Å²) in [6.07, 6.45) is 3.85. The number of amides is 1. The zero-order valence-corrected chi connectivity index (χ0v) is 14.0. The largest absolute Gasteiger partial charge is 0.350 e. The van der Waals surface area contributed by atoms with Gasteiger partial charge in [0.1, 0.15) is 5.69 Å². The SMILES string of the molecule is CC(C)c1cc(C(=O)NCC2CCCC2NS(C)(=O)=O)n[nH]1. The minimum Gasteiger partial charge on any atom is -0.350 e. The van der Waals surface area contributed by atoms with E-state index in [1.54, 1.807) is 6.07 Å². The van der Waals surface area contributed by atoms with Crippen molar-refractivity contribution in [2.45, 2.75) is 45.1 Å². The van der Waals surface area contributed by atoms with E-state index in [9.17, 15) is 13.2 Å². The van der Waals surface area contributed by atoms with Crippen molar-refractivity contribution in [1.29, 1.82) is 0 Å². The Balaban J connectivity index is 1.89. The molecule has 3 N–H and O–H groups in total. The van der Waals surface area contributed by atoms with Gasteiger partial charge in [-0.2, -0.15) is 5.10 Å². The van der Waals surface area contributed by atoms with Crippen molar-refractivity contribution in [1.82, 2.24) is 20.2 Å². The fourth-order valence-corrected chi connectivity index (χ4v) is 3.63. The van der Waals surface area contributed by atoms with Gasteiger partial charge >= 0.3 is 0 Å². The average molecular weight is 328 g/mol. The van der Waals surface area contributed by atoms with Gasteiger partial charge in [0.25, 0.3) is 5.91 Å². The van der Waals surface area contributed by atoms with Crippen molar-refractivity contribution in [3.63, 3.8) is 0 Å². The summed E-state index contributed by atoms with van der Waals surface area (Å²) in [6.45, 7) is 4.50. The fraction of sp³-hybridized carbons (Fsp3) is 0.714. The number of rotatable bonds is 6. The standard InChI is InChI=1S/C14H24N4O3S/c1-9(2)12-7-13(17-16-12)14(19)15-8-10-5-4-6-11(10)18-22(3,20)21/h7,9-11,18H,4-6,8H2,1-3H3,(H,15,19)(H,16,17). The molecule has 1 fully saturated rings. The molecule has 1 aliphatic carbocycles. The lowest BCUT2D eigenvalue weighted by Crippen LogP contribution is -2.41. The smallest absolute Gasteiger partial charge is 0.271 e. The number of nitrogens with zero attached hydrogens (tertiary/aromatic N) is 1. The lowest BCUT2D eigenvalue weighted by molar-refractivity contribution is 0.0941. The Morgan fingerprint density at radius 1 is 1.45 bits per heavy atom. The van der Waals surface area contributed by atoms with Gasteiger partial charge in [-0.05, 0) is 30.7 Å². The number of carbonyl (C=O) groups excluding carboxylic acids is 1. The molecule has 1 aliphatic rings. The summed E-state index contributed by atoms with van der Waals surface area (Å²) in [6, 6.07) is 1.65. The summed E-state index contributed by atoms with van der Waals surface area (Å²) in [5.41, 5.74) is 1.29. The van der Waals surface area contributed by atoms with Crippen molar-refractivity contribution >= 4 is 15.9 Å². The zero-order chi connectivity index (χ0) is 16.3. The van der Waals surface area contributed by atoms with E-state index in [4.69, 9.17) is 0 Å². The molecule has 1 amide bonds. The van der Waals surface area contributed by atoms with Gasteiger partial charge in [0, 0.05) is 18.3 Å². The highest BCUT2D eigenvalue weighted by Gasteiger charge is 2.29. The van der Waals surface area contributed by atoms with Gasteiger partial charge in [0.2, 0.25) is 10.0 Å². The summed E-state index contributed by atoms with van der Waals surface area (Å²) in [5.74, 6) is 0.183. The van der Waals surface area contributed by atoms with Crippen LogP contribution in [0.3, 0.4) is 0 Å². The van der Waals surface area contributed by atoms with E-state index in [0.717, 1.165) is 31.2 Å². The summed E-state index contributed by atoms with van der Waals surface area (Å²) in [4.78, 5) is 12.1. The molecule has 1 aromatic rings. The predicted molar refractivity (Wildman–Crippen MR) is 84.1 cm³/mol. The maximum absolute atomic E-state index is 12.1. The number of hydrogen-bond acceptors (Lipinski definition) is 4. The number of sulfonamides is 1. The number of H-pyrrole nitrogens is 1. The maximum atomic E-state index is 12.1. The molecule has 2 rings (SSSR count). The summed E-state index contributed by atoms with van der Waals surface area (Å²) >= 11 is 0. The van der Waals surface area contributed by atoms with E-state index in [1.807, 2.05) is 13.8 Å². The fourth-order valence-electron chi connectivity index (χ4n) is 2.77. The molecule has 124 valence electrons. The van der Waals surface area contributed by atoms with Crippen molar-refractivity contribution in [2.75, 3.05) is 12.8 Å². The molecule has 0 radical (unpaired) electrons. The van der Waals surface area contributed by atoms with E-state index in [1.165, 1.54) is 0 Å². The Bertz CT molecular complexity index is 624. The molecule has 0 bridgehead atoms. The number of carbonyl (C=O) groups is 1. The van der Waals surface area contributed by atoms with Crippen LogP contribution in [-0.2, 0) is 10.0 Å². The van der Waals surface area contributed by atoms with Crippen molar-refractivity contribution in [3.05, 3.63) is 17.5 Å². The molecule has 22 heavy (non-hydrogen) atoms. The van der Waals surface area contributed by atoms with E-state index in [-0.39, 0.29) is 23.8 Å². The van der Waals surface area contributed by atoms with Crippen LogP contribution in [-0.4, -0.2) is 43.4 Å². The summed E-state index contributed by atoms with van der Waals surface area (Å²) in [5, 5.41) is 9.72. The summed E-state index contributed by atoms with van der Waals surface area (Å²) in [7, 11) is -3.22. The number of aromatic nitrogens is 2. The first kappa shape index (κ1) is 17.0. The summed E-state index contributed by atoms with van der Waals surface area (Å²) < 4.78 is 25.3. The second-order valence-electron chi connectivity index (χ2n) is 6.26. The molecule has 2 unspecified atom stereocenters. The van der Waals surface area contributed by atoms with Crippen LogP contribution >= 0.6 is 0 Å².